The minimum Gasteiger partial charge on any atom is -0.480 e. The number of likely N-dealkylation sites (tertiary alicyclic amines) is 1. The molecule has 1 unspecified atom stereocenters. The second kappa shape index (κ2) is 6.70. The number of carboxylic acid groups (broad SMARTS) is 2. The average Bonchev–Trinajstić information content (AvgIpc) is 2.87. The lowest BCUT2D eigenvalue weighted by molar-refractivity contribution is -0.142. The molecule has 0 saturated carbocycles. The average molecular weight is 258 g/mol. The number of carboxylic acids is 2. The molecule has 0 aromatic rings. The molecule has 2 rings (SSSR count). The van der Waals surface area contributed by atoms with Gasteiger partial charge in [0.05, 0.1) is 0 Å². The molecule has 2 aliphatic heterocycles. The van der Waals surface area contributed by atoms with Crippen LogP contribution < -0.4 is 5.32 Å². The summed E-state index contributed by atoms with van der Waals surface area (Å²) in [6.45, 7) is 3.73. The van der Waals surface area contributed by atoms with Crippen LogP contribution >= 0.6 is 0 Å². The zero-order valence-corrected chi connectivity index (χ0v) is 10.9. The number of aliphatic carboxylic acids is 2. The molecule has 2 heterocycles. The van der Waals surface area contributed by atoms with Gasteiger partial charge in [-0.2, -0.15) is 0 Å². The quantitative estimate of drug-likeness (QED) is 0.657. The fourth-order valence-electron chi connectivity index (χ4n) is 2.39. The summed E-state index contributed by atoms with van der Waals surface area (Å²) in [5, 5.41) is 20.0. The summed E-state index contributed by atoms with van der Waals surface area (Å²) in [4.78, 5) is 22.6. The van der Waals surface area contributed by atoms with Crippen molar-refractivity contribution in [3.63, 3.8) is 0 Å². The van der Waals surface area contributed by atoms with Crippen molar-refractivity contribution in [3.8, 4) is 0 Å². The van der Waals surface area contributed by atoms with Crippen LogP contribution in [-0.4, -0.2) is 59.3 Å². The minimum absolute atomic E-state index is 0.218. The SMILES string of the molecule is CN1CCCC1C(=O)O.C[C@H]1CCN[C@@H]1C(=O)O. The van der Waals surface area contributed by atoms with Crippen LogP contribution in [0.4, 0.5) is 0 Å². The highest BCUT2D eigenvalue weighted by atomic mass is 16.4. The van der Waals surface area contributed by atoms with Gasteiger partial charge >= 0.3 is 11.9 Å². The Morgan fingerprint density at radius 3 is 2.11 bits per heavy atom. The molecule has 6 nitrogen and oxygen atoms in total. The molecule has 2 saturated heterocycles. The number of likely N-dealkylation sites (N-methyl/N-ethyl adjacent to an activating group) is 1. The summed E-state index contributed by atoms with van der Waals surface area (Å²) in [5.74, 6) is -1.11. The van der Waals surface area contributed by atoms with Gasteiger partial charge in [-0.1, -0.05) is 6.92 Å². The van der Waals surface area contributed by atoms with Crippen LogP contribution in [0.15, 0.2) is 0 Å². The molecule has 0 radical (unpaired) electrons. The maximum atomic E-state index is 10.4. The third-order valence-corrected chi connectivity index (χ3v) is 3.60. The van der Waals surface area contributed by atoms with E-state index in [9.17, 15) is 9.59 Å². The first-order valence-electron chi connectivity index (χ1n) is 6.32. The molecule has 0 aromatic heterocycles. The number of carbonyl (C=O) groups is 2. The molecule has 2 fully saturated rings. The van der Waals surface area contributed by atoms with E-state index < -0.39 is 11.9 Å². The van der Waals surface area contributed by atoms with E-state index in [1.54, 1.807) is 0 Å². The predicted molar refractivity (Wildman–Crippen MR) is 66.5 cm³/mol. The Bertz CT molecular complexity index is 278. The highest BCUT2D eigenvalue weighted by Gasteiger charge is 2.28. The molecule has 104 valence electrons. The Labute approximate surface area is 107 Å². The maximum Gasteiger partial charge on any atom is 0.320 e. The van der Waals surface area contributed by atoms with Gasteiger partial charge in [-0.3, -0.25) is 14.5 Å². The Balaban J connectivity index is 0.000000180. The molecule has 0 aromatic carbocycles. The van der Waals surface area contributed by atoms with E-state index in [0.29, 0.717) is 5.92 Å². The summed E-state index contributed by atoms with van der Waals surface area (Å²) in [6.07, 6.45) is 2.82. The van der Waals surface area contributed by atoms with Crippen LogP contribution in [0.1, 0.15) is 26.2 Å². The fraction of sp³-hybridized carbons (Fsp3) is 0.833. The highest BCUT2D eigenvalue weighted by Crippen LogP contribution is 2.14. The van der Waals surface area contributed by atoms with Gasteiger partial charge in [0.2, 0.25) is 0 Å². The lowest BCUT2D eigenvalue weighted by atomic mass is 10.0. The maximum absolute atomic E-state index is 10.4. The van der Waals surface area contributed by atoms with Gasteiger partial charge in [-0.05, 0) is 45.3 Å². The smallest absolute Gasteiger partial charge is 0.320 e. The summed E-state index contributed by atoms with van der Waals surface area (Å²) < 4.78 is 0. The van der Waals surface area contributed by atoms with Gasteiger partial charge < -0.3 is 15.5 Å². The number of nitrogens with zero attached hydrogens (tertiary/aromatic N) is 1. The van der Waals surface area contributed by atoms with Crippen molar-refractivity contribution >= 4 is 11.9 Å². The topological polar surface area (TPSA) is 89.9 Å². The van der Waals surface area contributed by atoms with Crippen molar-refractivity contribution in [2.45, 2.75) is 38.3 Å². The Hall–Kier alpha value is -1.14. The first-order chi connectivity index (χ1) is 8.43. The minimum atomic E-state index is -0.722. The predicted octanol–water partition coefficient (Wildman–Crippen LogP) is 0.234. The van der Waals surface area contributed by atoms with E-state index in [2.05, 4.69) is 5.32 Å². The zero-order valence-electron chi connectivity index (χ0n) is 10.9. The van der Waals surface area contributed by atoms with Crippen molar-refractivity contribution in [1.29, 1.82) is 0 Å². The van der Waals surface area contributed by atoms with Crippen LogP contribution in [0.25, 0.3) is 0 Å². The molecule has 2 aliphatic rings. The lowest BCUT2D eigenvalue weighted by Gasteiger charge is -2.13. The Kier molecular flexibility index (Phi) is 5.55. The molecule has 3 N–H and O–H groups in total. The van der Waals surface area contributed by atoms with E-state index >= 15 is 0 Å². The van der Waals surface area contributed by atoms with Gasteiger partial charge in [-0.25, -0.2) is 0 Å². The van der Waals surface area contributed by atoms with E-state index in [-0.39, 0.29) is 12.1 Å². The number of hydrogen-bond donors (Lipinski definition) is 3. The molecule has 3 atom stereocenters. The molecule has 0 aliphatic carbocycles. The molecule has 18 heavy (non-hydrogen) atoms. The van der Waals surface area contributed by atoms with Crippen molar-refractivity contribution in [2.75, 3.05) is 20.1 Å². The second-order valence-electron chi connectivity index (χ2n) is 5.01. The van der Waals surface area contributed by atoms with Crippen molar-refractivity contribution in [1.82, 2.24) is 10.2 Å². The lowest BCUT2D eigenvalue weighted by Crippen LogP contribution is -2.34. The number of nitrogens with one attached hydrogen (secondary N) is 1. The summed E-state index contributed by atoms with van der Waals surface area (Å²) in [7, 11) is 1.85. The van der Waals surface area contributed by atoms with Crippen LogP contribution in [-0.2, 0) is 9.59 Å². The first-order valence-corrected chi connectivity index (χ1v) is 6.32. The van der Waals surface area contributed by atoms with Gasteiger partial charge in [0.1, 0.15) is 12.1 Å². The third kappa shape index (κ3) is 3.96. The van der Waals surface area contributed by atoms with E-state index in [0.717, 1.165) is 32.4 Å². The van der Waals surface area contributed by atoms with Gasteiger partial charge in [0, 0.05) is 0 Å². The molecule has 0 amide bonds. The van der Waals surface area contributed by atoms with Crippen molar-refractivity contribution < 1.29 is 19.8 Å². The molecule has 6 heteroatoms. The van der Waals surface area contributed by atoms with Crippen LogP contribution in [0.3, 0.4) is 0 Å². The highest BCUT2D eigenvalue weighted by molar-refractivity contribution is 5.74. The summed E-state index contributed by atoms with van der Waals surface area (Å²) in [6, 6.07) is -0.519. The third-order valence-electron chi connectivity index (χ3n) is 3.60. The van der Waals surface area contributed by atoms with Crippen LogP contribution in [0, 0.1) is 5.92 Å². The van der Waals surface area contributed by atoms with E-state index in [1.807, 2.05) is 18.9 Å². The standard InChI is InChI=1S/2C6H11NO2/c1-7-4-2-3-5(7)6(8)9;1-4-2-3-7-5(4)6(8)9/h5H,2-4H2,1H3,(H,8,9);4-5,7H,2-3H2,1H3,(H,8,9)/t;4-,5-/m.0/s1. The molecule has 0 bridgehead atoms. The normalized spacial score (nSPS) is 31.8. The summed E-state index contributed by atoms with van der Waals surface area (Å²) >= 11 is 0. The van der Waals surface area contributed by atoms with Gasteiger partial charge in [0.15, 0.2) is 0 Å². The summed E-state index contributed by atoms with van der Waals surface area (Å²) in [5.41, 5.74) is 0. The largest absolute Gasteiger partial charge is 0.480 e. The Morgan fingerprint density at radius 2 is 1.89 bits per heavy atom. The first kappa shape index (κ1) is 14.9. The van der Waals surface area contributed by atoms with Gasteiger partial charge in [0.25, 0.3) is 0 Å². The number of rotatable bonds is 2. The molecular weight excluding hydrogens is 236 g/mol. The molecule has 0 spiro atoms. The Morgan fingerprint density at radius 1 is 1.22 bits per heavy atom. The number of hydrogen-bond acceptors (Lipinski definition) is 4. The van der Waals surface area contributed by atoms with E-state index in [4.69, 9.17) is 10.2 Å². The second-order valence-corrected chi connectivity index (χ2v) is 5.01. The van der Waals surface area contributed by atoms with E-state index in [1.165, 1.54) is 0 Å². The zero-order chi connectivity index (χ0) is 13.7. The van der Waals surface area contributed by atoms with Crippen LogP contribution in [0.5, 0.6) is 0 Å². The van der Waals surface area contributed by atoms with Crippen molar-refractivity contribution in [2.24, 2.45) is 5.92 Å². The fourth-order valence-corrected chi connectivity index (χ4v) is 2.39. The van der Waals surface area contributed by atoms with Crippen LogP contribution in [0.2, 0.25) is 0 Å². The monoisotopic (exact) mass is 258 g/mol. The molecular formula is C12H22N2O4. The van der Waals surface area contributed by atoms with Gasteiger partial charge in [-0.15, -0.1) is 0 Å². The van der Waals surface area contributed by atoms with Crippen molar-refractivity contribution in [3.05, 3.63) is 0 Å².